The van der Waals surface area contributed by atoms with Gasteiger partial charge in [-0.05, 0) is 66.9 Å². The number of hydrogen-bond donors (Lipinski definition) is 2. The van der Waals surface area contributed by atoms with Gasteiger partial charge in [0.05, 0.1) is 6.10 Å². The summed E-state index contributed by atoms with van der Waals surface area (Å²) in [6.07, 6.45) is 5.84. The van der Waals surface area contributed by atoms with Gasteiger partial charge in [0.2, 0.25) is 5.91 Å². The van der Waals surface area contributed by atoms with E-state index in [0.29, 0.717) is 36.0 Å². The molecule has 1 amide bonds. The first-order chi connectivity index (χ1) is 14.6. The zero-order chi connectivity index (χ0) is 20.3. The minimum absolute atomic E-state index is 0.0599. The van der Waals surface area contributed by atoms with Crippen molar-refractivity contribution in [2.24, 2.45) is 23.7 Å². The predicted molar refractivity (Wildman–Crippen MR) is 117 cm³/mol. The third-order valence-corrected chi connectivity index (χ3v) is 8.90. The number of aliphatic hydroxyl groups excluding tert-OH is 1. The topological polar surface area (TPSA) is 49.3 Å². The van der Waals surface area contributed by atoms with E-state index in [1.54, 1.807) is 0 Å². The van der Waals surface area contributed by atoms with Gasteiger partial charge in [0, 0.05) is 23.8 Å². The van der Waals surface area contributed by atoms with Gasteiger partial charge < -0.3 is 10.4 Å². The molecule has 5 fully saturated rings. The lowest BCUT2D eigenvalue weighted by Crippen LogP contribution is -2.61. The Bertz CT molecular complexity index is 894. The number of benzene rings is 2. The number of carbonyl (C=O) groups is 1. The van der Waals surface area contributed by atoms with Crippen LogP contribution in [0.1, 0.15) is 55.6 Å². The second kappa shape index (κ2) is 6.95. The predicted octanol–water partition coefficient (Wildman–Crippen LogP) is 4.41. The third-order valence-electron chi connectivity index (χ3n) is 8.90. The highest BCUT2D eigenvalue weighted by Gasteiger charge is 2.61. The fourth-order valence-electron chi connectivity index (χ4n) is 7.52. The zero-order valence-corrected chi connectivity index (χ0v) is 17.4. The number of carbonyl (C=O) groups excluding carboxylic acids is 1. The van der Waals surface area contributed by atoms with Crippen LogP contribution in [0.5, 0.6) is 0 Å². The molecule has 2 aromatic carbocycles. The van der Waals surface area contributed by atoms with Crippen LogP contribution in [0, 0.1) is 23.7 Å². The molecule has 5 aliphatic carbocycles. The van der Waals surface area contributed by atoms with Crippen LogP contribution in [0.2, 0.25) is 0 Å². The lowest BCUT2D eigenvalue weighted by Gasteiger charge is -2.63. The monoisotopic (exact) mass is 401 g/mol. The number of nitrogens with one attached hydrogen (secondary N) is 1. The molecule has 3 nitrogen and oxygen atoms in total. The van der Waals surface area contributed by atoms with Crippen LogP contribution < -0.4 is 5.32 Å². The SMILES string of the molecule is O=C(CC1(c2ccccc2)C2CC3CC1CC(C2)C3O)N[C@H]1C[C@@H]1c1ccccc1. The Balaban J connectivity index is 1.24. The summed E-state index contributed by atoms with van der Waals surface area (Å²) in [6.45, 7) is 0. The minimum atomic E-state index is -0.113. The highest BCUT2D eigenvalue weighted by atomic mass is 16.3. The van der Waals surface area contributed by atoms with Crippen molar-refractivity contribution in [3.63, 3.8) is 0 Å². The zero-order valence-electron chi connectivity index (χ0n) is 17.4. The molecule has 0 spiro atoms. The van der Waals surface area contributed by atoms with E-state index in [2.05, 4.69) is 59.9 Å². The van der Waals surface area contributed by atoms with Crippen LogP contribution in [0.25, 0.3) is 0 Å². The van der Waals surface area contributed by atoms with E-state index in [1.807, 2.05) is 6.07 Å². The van der Waals surface area contributed by atoms with Gasteiger partial charge in [-0.1, -0.05) is 60.7 Å². The largest absolute Gasteiger partial charge is 0.393 e. The van der Waals surface area contributed by atoms with Crippen molar-refractivity contribution >= 4 is 5.91 Å². The average molecular weight is 402 g/mol. The molecule has 0 saturated heterocycles. The van der Waals surface area contributed by atoms with Gasteiger partial charge in [-0.25, -0.2) is 0 Å². The van der Waals surface area contributed by atoms with Crippen molar-refractivity contribution in [3.8, 4) is 0 Å². The Kier molecular flexibility index (Phi) is 4.31. The van der Waals surface area contributed by atoms with Crippen LogP contribution in [-0.2, 0) is 10.2 Å². The smallest absolute Gasteiger partial charge is 0.221 e. The first kappa shape index (κ1) is 18.6. The Morgan fingerprint density at radius 3 is 2.03 bits per heavy atom. The molecule has 0 unspecified atom stereocenters. The first-order valence-corrected chi connectivity index (χ1v) is 11.7. The van der Waals surface area contributed by atoms with E-state index >= 15 is 0 Å². The maximum Gasteiger partial charge on any atom is 0.221 e. The molecule has 0 heterocycles. The van der Waals surface area contributed by atoms with E-state index in [0.717, 1.165) is 32.1 Å². The summed E-state index contributed by atoms with van der Waals surface area (Å²) in [6, 6.07) is 21.7. The maximum atomic E-state index is 13.3. The Labute approximate surface area is 178 Å². The van der Waals surface area contributed by atoms with Crippen LogP contribution >= 0.6 is 0 Å². The molecule has 2 N–H and O–H groups in total. The highest BCUT2D eigenvalue weighted by molar-refractivity contribution is 5.79. The second-order valence-corrected chi connectivity index (χ2v) is 10.4. The molecule has 156 valence electrons. The van der Waals surface area contributed by atoms with Gasteiger partial charge in [-0.2, -0.15) is 0 Å². The number of rotatable bonds is 5. The molecular weight excluding hydrogens is 370 g/mol. The molecule has 7 rings (SSSR count). The fourth-order valence-corrected chi connectivity index (χ4v) is 7.52. The summed E-state index contributed by atoms with van der Waals surface area (Å²) in [4.78, 5) is 13.3. The molecule has 30 heavy (non-hydrogen) atoms. The van der Waals surface area contributed by atoms with Crippen molar-refractivity contribution < 1.29 is 9.90 Å². The number of hydrogen-bond acceptors (Lipinski definition) is 2. The van der Waals surface area contributed by atoms with Crippen molar-refractivity contribution in [1.82, 2.24) is 5.32 Å². The van der Waals surface area contributed by atoms with Crippen molar-refractivity contribution in [2.75, 3.05) is 0 Å². The van der Waals surface area contributed by atoms with E-state index in [4.69, 9.17) is 0 Å². The molecular formula is C27H31NO2. The van der Waals surface area contributed by atoms with Gasteiger partial charge in [0.25, 0.3) is 0 Å². The average Bonchev–Trinajstić information content (AvgIpc) is 3.52. The Hall–Kier alpha value is -2.13. The lowest BCUT2D eigenvalue weighted by atomic mass is 9.42. The quantitative estimate of drug-likeness (QED) is 0.779. The van der Waals surface area contributed by atoms with Gasteiger partial charge >= 0.3 is 0 Å². The highest BCUT2D eigenvalue weighted by Crippen LogP contribution is 2.64. The summed E-state index contributed by atoms with van der Waals surface area (Å²) >= 11 is 0. The first-order valence-electron chi connectivity index (χ1n) is 11.7. The molecule has 2 atom stereocenters. The molecule has 0 aromatic heterocycles. The molecule has 5 saturated carbocycles. The van der Waals surface area contributed by atoms with E-state index in [-0.39, 0.29) is 23.5 Å². The molecule has 4 bridgehead atoms. The minimum Gasteiger partial charge on any atom is -0.393 e. The maximum absolute atomic E-state index is 13.3. The van der Waals surface area contributed by atoms with Gasteiger partial charge in [0.15, 0.2) is 0 Å². The fraction of sp³-hybridized carbons (Fsp3) is 0.519. The third kappa shape index (κ3) is 2.85. The van der Waals surface area contributed by atoms with Crippen LogP contribution in [0.4, 0.5) is 0 Å². The molecule has 0 radical (unpaired) electrons. The van der Waals surface area contributed by atoms with E-state index in [1.165, 1.54) is 11.1 Å². The van der Waals surface area contributed by atoms with Crippen LogP contribution in [-0.4, -0.2) is 23.2 Å². The second-order valence-electron chi connectivity index (χ2n) is 10.4. The summed E-state index contributed by atoms with van der Waals surface area (Å²) in [5, 5.41) is 14.0. The van der Waals surface area contributed by atoms with Gasteiger partial charge in [-0.15, -0.1) is 0 Å². The molecule has 0 aliphatic heterocycles. The normalized spacial score (nSPS) is 40.9. The van der Waals surface area contributed by atoms with Gasteiger partial charge in [0.1, 0.15) is 0 Å². The van der Waals surface area contributed by atoms with Crippen molar-refractivity contribution in [3.05, 3.63) is 71.8 Å². The lowest BCUT2D eigenvalue weighted by molar-refractivity contribution is -0.147. The molecule has 5 aliphatic rings. The summed E-state index contributed by atoms with van der Waals surface area (Å²) in [7, 11) is 0. The van der Waals surface area contributed by atoms with Crippen molar-refractivity contribution in [2.45, 2.75) is 62.0 Å². The van der Waals surface area contributed by atoms with Crippen LogP contribution in [0.15, 0.2) is 60.7 Å². The summed E-state index contributed by atoms with van der Waals surface area (Å²) < 4.78 is 0. The molecule has 2 aromatic rings. The standard InChI is InChI=1S/C27H31NO2/c29-25(28-24-15-23(24)17-7-3-1-4-8-17)16-27(20-9-5-2-6-10-20)21-11-18-12-22(27)14-19(13-21)26(18)30/h1-10,18-19,21-24,26,30H,11-16H2,(H,28,29)/t18?,19?,21?,22?,23-,24+,26?,27?/m1/s1. The Morgan fingerprint density at radius 1 is 0.867 bits per heavy atom. The summed E-state index contributed by atoms with van der Waals surface area (Å²) in [5.74, 6) is 2.60. The molecule has 3 heteroatoms. The van der Waals surface area contributed by atoms with Gasteiger partial charge in [-0.3, -0.25) is 4.79 Å². The Morgan fingerprint density at radius 2 is 1.43 bits per heavy atom. The van der Waals surface area contributed by atoms with Crippen molar-refractivity contribution in [1.29, 1.82) is 0 Å². The summed E-state index contributed by atoms with van der Waals surface area (Å²) in [5.41, 5.74) is 2.62. The van der Waals surface area contributed by atoms with E-state index in [9.17, 15) is 9.90 Å². The van der Waals surface area contributed by atoms with Crippen LogP contribution in [0.3, 0.4) is 0 Å². The number of aliphatic hydroxyl groups is 1. The number of amides is 1. The van der Waals surface area contributed by atoms with E-state index < -0.39 is 0 Å².